The molecule has 6 rings (SSSR count). The normalized spacial score (nSPS) is 11.3. The predicted molar refractivity (Wildman–Crippen MR) is 145 cm³/mol. The molecule has 0 bridgehead atoms. The lowest BCUT2D eigenvalue weighted by atomic mass is 9.90. The van der Waals surface area contributed by atoms with E-state index in [9.17, 15) is 9.90 Å². The molecule has 0 aliphatic heterocycles. The van der Waals surface area contributed by atoms with Crippen molar-refractivity contribution < 1.29 is 9.52 Å². The maximum atomic E-state index is 13.0. The van der Waals surface area contributed by atoms with Gasteiger partial charge in [-0.25, -0.2) is 4.79 Å². The third-order valence-electron chi connectivity index (χ3n) is 6.69. The molecule has 2 aromatic heterocycles. The second kappa shape index (κ2) is 8.51. The Morgan fingerprint density at radius 2 is 1.50 bits per heavy atom. The number of hydrogen-bond donors (Lipinski definition) is 1. The van der Waals surface area contributed by atoms with Crippen molar-refractivity contribution in [3.8, 4) is 39.5 Å². The molecule has 0 saturated heterocycles. The molecule has 0 saturated carbocycles. The molecule has 36 heavy (non-hydrogen) atoms. The Labute approximate surface area is 208 Å². The van der Waals surface area contributed by atoms with Crippen molar-refractivity contribution in [1.29, 1.82) is 0 Å². The zero-order valence-corrected chi connectivity index (χ0v) is 19.9. The van der Waals surface area contributed by atoms with Gasteiger partial charge in [0.25, 0.3) is 0 Å². The highest BCUT2D eigenvalue weighted by Crippen LogP contribution is 2.45. The average Bonchev–Trinajstić information content (AvgIpc) is 2.90. The topological polar surface area (TPSA) is 63.3 Å². The maximum Gasteiger partial charge on any atom is 0.344 e. The number of phenols is 1. The summed E-state index contributed by atoms with van der Waals surface area (Å²) in [7, 11) is 0. The monoisotopic (exact) mass is 469 g/mol. The van der Waals surface area contributed by atoms with Crippen molar-refractivity contribution in [3.63, 3.8) is 0 Å². The van der Waals surface area contributed by atoms with Crippen LogP contribution in [-0.2, 0) is 0 Å². The Balaban J connectivity index is 1.75. The number of aromatic nitrogens is 1. The van der Waals surface area contributed by atoms with Crippen molar-refractivity contribution in [3.05, 3.63) is 119 Å². The zero-order valence-electron chi connectivity index (χ0n) is 19.9. The lowest BCUT2D eigenvalue weighted by molar-refractivity contribution is 0.477. The molecule has 4 nitrogen and oxygen atoms in total. The highest BCUT2D eigenvalue weighted by atomic mass is 16.4. The second-order valence-corrected chi connectivity index (χ2v) is 9.07. The predicted octanol–water partition coefficient (Wildman–Crippen LogP) is 7.66. The molecule has 0 atom stereocenters. The van der Waals surface area contributed by atoms with Crippen LogP contribution in [-0.4, -0.2) is 10.1 Å². The standard InChI is InChI=1S/C32H23NO3/c1-19-11-15-27(33-18-19)31-30(24-9-5-6-10-25(24)32(35)36-31)29-26-17-22(23-8-4-3-7-20(23)2)13-12-21(26)14-16-28(29)34/h3-18,34H,1-2H3. The fourth-order valence-corrected chi connectivity index (χ4v) is 4.87. The Morgan fingerprint density at radius 1 is 0.750 bits per heavy atom. The molecule has 6 aromatic rings. The van der Waals surface area contributed by atoms with Crippen molar-refractivity contribution >= 4 is 21.5 Å². The molecule has 4 aromatic carbocycles. The first-order valence-corrected chi connectivity index (χ1v) is 11.8. The summed E-state index contributed by atoms with van der Waals surface area (Å²) in [6, 6.07) is 29.2. The summed E-state index contributed by atoms with van der Waals surface area (Å²) in [6.45, 7) is 4.04. The number of phenolic OH excluding ortho intramolecular Hbond substituents is 1. The molecule has 0 fully saturated rings. The van der Waals surface area contributed by atoms with Gasteiger partial charge in [-0.05, 0) is 71.1 Å². The van der Waals surface area contributed by atoms with E-state index in [2.05, 4.69) is 42.2 Å². The van der Waals surface area contributed by atoms with Crippen molar-refractivity contribution in [1.82, 2.24) is 4.98 Å². The summed E-state index contributed by atoms with van der Waals surface area (Å²) in [5, 5.41) is 14.3. The van der Waals surface area contributed by atoms with Gasteiger partial charge in [-0.2, -0.15) is 0 Å². The number of aryl methyl sites for hydroxylation is 2. The van der Waals surface area contributed by atoms with E-state index >= 15 is 0 Å². The summed E-state index contributed by atoms with van der Waals surface area (Å²) in [5.74, 6) is 0.444. The van der Waals surface area contributed by atoms with E-state index in [0.717, 1.165) is 27.5 Å². The number of fused-ring (bicyclic) bond motifs is 2. The Bertz CT molecular complexity index is 1830. The van der Waals surface area contributed by atoms with Gasteiger partial charge in [-0.1, -0.05) is 66.7 Å². The number of rotatable bonds is 3. The quantitative estimate of drug-likeness (QED) is 0.289. The van der Waals surface area contributed by atoms with E-state index in [4.69, 9.17) is 4.42 Å². The van der Waals surface area contributed by atoms with Crippen molar-refractivity contribution in [2.45, 2.75) is 13.8 Å². The molecule has 0 spiro atoms. The first kappa shape index (κ1) is 21.8. The third-order valence-corrected chi connectivity index (χ3v) is 6.69. The van der Waals surface area contributed by atoms with E-state index in [1.165, 1.54) is 5.56 Å². The first-order chi connectivity index (χ1) is 17.5. The van der Waals surface area contributed by atoms with Crippen LogP contribution in [0.15, 0.2) is 106 Å². The molecular formula is C32H23NO3. The van der Waals surface area contributed by atoms with Crippen LogP contribution >= 0.6 is 0 Å². The van der Waals surface area contributed by atoms with Crippen LogP contribution in [0.1, 0.15) is 11.1 Å². The molecule has 0 aliphatic rings. The van der Waals surface area contributed by atoms with Gasteiger partial charge < -0.3 is 9.52 Å². The minimum absolute atomic E-state index is 0.108. The highest BCUT2D eigenvalue weighted by Gasteiger charge is 2.22. The zero-order chi connectivity index (χ0) is 24.8. The number of benzene rings is 4. The number of hydrogen-bond acceptors (Lipinski definition) is 4. The van der Waals surface area contributed by atoms with Crippen LogP contribution in [0, 0.1) is 13.8 Å². The van der Waals surface area contributed by atoms with Crippen molar-refractivity contribution in [2.75, 3.05) is 0 Å². The number of nitrogens with zero attached hydrogens (tertiary/aromatic N) is 1. The van der Waals surface area contributed by atoms with Crippen LogP contribution < -0.4 is 5.63 Å². The van der Waals surface area contributed by atoms with Gasteiger partial charge in [0.15, 0.2) is 5.76 Å². The van der Waals surface area contributed by atoms with Crippen LogP contribution in [0.5, 0.6) is 5.75 Å². The van der Waals surface area contributed by atoms with E-state index in [0.29, 0.717) is 33.4 Å². The smallest absolute Gasteiger partial charge is 0.344 e. The van der Waals surface area contributed by atoms with E-state index in [1.54, 1.807) is 18.3 Å². The fourth-order valence-electron chi connectivity index (χ4n) is 4.87. The summed E-state index contributed by atoms with van der Waals surface area (Å²) < 4.78 is 5.91. The lowest BCUT2D eigenvalue weighted by Crippen LogP contribution is -2.04. The molecule has 0 amide bonds. The van der Waals surface area contributed by atoms with E-state index < -0.39 is 5.63 Å². The SMILES string of the molecule is Cc1ccc(-c2oc(=O)c3ccccc3c2-c2c(O)ccc3ccc(-c4ccccc4C)cc23)nc1. The molecule has 0 aliphatic carbocycles. The summed E-state index contributed by atoms with van der Waals surface area (Å²) >= 11 is 0. The summed E-state index contributed by atoms with van der Waals surface area (Å²) in [4.78, 5) is 17.5. The number of pyridine rings is 1. The largest absolute Gasteiger partial charge is 0.507 e. The van der Waals surface area contributed by atoms with Gasteiger partial charge in [0.2, 0.25) is 0 Å². The molecule has 2 heterocycles. The first-order valence-electron chi connectivity index (χ1n) is 11.8. The van der Waals surface area contributed by atoms with Crippen LogP contribution in [0.4, 0.5) is 0 Å². The van der Waals surface area contributed by atoms with Crippen LogP contribution in [0.3, 0.4) is 0 Å². The van der Waals surface area contributed by atoms with Crippen LogP contribution in [0.25, 0.3) is 55.3 Å². The maximum absolute atomic E-state index is 13.0. The number of aromatic hydroxyl groups is 1. The third kappa shape index (κ3) is 3.55. The van der Waals surface area contributed by atoms with Gasteiger partial charge in [-0.3, -0.25) is 4.98 Å². The molecule has 4 heteroatoms. The summed E-state index contributed by atoms with van der Waals surface area (Å²) in [5.41, 5.74) is 5.69. The second-order valence-electron chi connectivity index (χ2n) is 9.07. The average molecular weight is 470 g/mol. The minimum Gasteiger partial charge on any atom is -0.507 e. The Hall–Kier alpha value is -4.70. The molecular weight excluding hydrogens is 446 g/mol. The highest BCUT2D eigenvalue weighted by molar-refractivity contribution is 6.11. The van der Waals surface area contributed by atoms with Gasteiger partial charge in [0, 0.05) is 22.7 Å². The molecule has 174 valence electrons. The Morgan fingerprint density at radius 3 is 2.28 bits per heavy atom. The summed E-state index contributed by atoms with van der Waals surface area (Å²) in [6.07, 6.45) is 1.74. The van der Waals surface area contributed by atoms with Gasteiger partial charge in [0.05, 0.1) is 5.39 Å². The van der Waals surface area contributed by atoms with E-state index in [1.807, 2.05) is 55.5 Å². The van der Waals surface area contributed by atoms with E-state index in [-0.39, 0.29) is 5.75 Å². The minimum atomic E-state index is -0.438. The van der Waals surface area contributed by atoms with Gasteiger partial charge >= 0.3 is 5.63 Å². The van der Waals surface area contributed by atoms with Crippen LogP contribution in [0.2, 0.25) is 0 Å². The van der Waals surface area contributed by atoms with Crippen molar-refractivity contribution in [2.24, 2.45) is 0 Å². The lowest BCUT2D eigenvalue weighted by Gasteiger charge is -2.16. The van der Waals surface area contributed by atoms with Gasteiger partial charge in [-0.15, -0.1) is 0 Å². The molecule has 0 radical (unpaired) electrons. The Kier molecular flexibility index (Phi) is 5.15. The fraction of sp³-hybridized carbons (Fsp3) is 0.0625. The molecule has 0 unspecified atom stereocenters. The molecule has 1 N–H and O–H groups in total. The van der Waals surface area contributed by atoms with Gasteiger partial charge in [0.1, 0.15) is 11.4 Å².